The molecule has 164 valence electrons. The van der Waals surface area contributed by atoms with Gasteiger partial charge in [0.1, 0.15) is 12.5 Å². The van der Waals surface area contributed by atoms with E-state index < -0.39 is 17.3 Å². The third-order valence-electron chi connectivity index (χ3n) is 5.97. The molecule has 0 radical (unpaired) electrons. The van der Waals surface area contributed by atoms with Gasteiger partial charge in [0.25, 0.3) is 11.8 Å². The minimum Gasteiger partial charge on any atom is -0.481 e. The number of aliphatic imine (C=N–C) groups is 1. The average Bonchev–Trinajstić information content (AvgIpc) is 2.85. The fraction of sp³-hybridized carbons (Fsp3) is 0.652. The van der Waals surface area contributed by atoms with E-state index in [1.807, 2.05) is 46.4 Å². The van der Waals surface area contributed by atoms with Gasteiger partial charge in [0.15, 0.2) is 0 Å². The molecule has 1 atom stereocenters. The van der Waals surface area contributed by atoms with Gasteiger partial charge in [0.05, 0.1) is 5.92 Å². The molecule has 0 aromatic heterocycles. The summed E-state index contributed by atoms with van der Waals surface area (Å²) in [7, 11) is 0. The summed E-state index contributed by atoms with van der Waals surface area (Å²) >= 11 is 0. The topological polar surface area (TPSA) is 90.3 Å². The number of carboxylic acid groups (broad SMARTS) is 1. The second kappa shape index (κ2) is 7.67. The molecule has 7 heteroatoms. The van der Waals surface area contributed by atoms with Crippen molar-refractivity contribution in [2.24, 2.45) is 21.7 Å². The van der Waals surface area contributed by atoms with Crippen LogP contribution in [0.3, 0.4) is 0 Å². The van der Waals surface area contributed by atoms with Crippen LogP contribution in [0, 0.1) is 16.7 Å². The molecular weight excluding hydrogens is 382 g/mol. The predicted molar refractivity (Wildman–Crippen MR) is 114 cm³/mol. The predicted octanol–water partition coefficient (Wildman–Crippen LogP) is 3.57. The lowest BCUT2D eigenvalue weighted by molar-refractivity contribution is -0.144. The van der Waals surface area contributed by atoms with Crippen LogP contribution in [-0.2, 0) is 14.4 Å². The molecule has 3 rings (SSSR count). The summed E-state index contributed by atoms with van der Waals surface area (Å²) < 4.78 is 0. The first-order chi connectivity index (χ1) is 13.8. The second-order valence-corrected chi connectivity index (χ2v) is 10.6. The van der Waals surface area contributed by atoms with Gasteiger partial charge < -0.3 is 10.0 Å². The minimum atomic E-state index is -0.895. The van der Waals surface area contributed by atoms with Crippen molar-refractivity contribution in [1.82, 2.24) is 9.80 Å². The molecule has 0 aromatic rings. The van der Waals surface area contributed by atoms with Gasteiger partial charge in [-0.2, -0.15) is 0 Å². The Labute approximate surface area is 178 Å². The van der Waals surface area contributed by atoms with E-state index in [-0.39, 0.29) is 23.9 Å². The van der Waals surface area contributed by atoms with Gasteiger partial charge in [0.2, 0.25) is 0 Å². The minimum absolute atomic E-state index is 0.0919. The summed E-state index contributed by atoms with van der Waals surface area (Å²) in [6.45, 7) is 12.2. The molecule has 0 saturated carbocycles. The first kappa shape index (κ1) is 22.2. The fourth-order valence-electron chi connectivity index (χ4n) is 4.69. The summed E-state index contributed by atoms with van der Waals surface area (Å²) in [5.41, 5.74) is 1.19. The van der Waals surface area contributed by atoms with Crippen LogP contribution in [0.5, 0.6) is 0 Å². The van der Waals surface area contributed by atoms with Crippen molar-refractivity contribution in [1.29, 1.82) is 0 Å². The lowest BCUT2D eigenvalue weighted by Crippen LogP contribution is -2.51. The first-order valence-corrected chi connectivity index (χ1v) is 10.7. The summed E-state index contributed by atoms with van der Waals surface area (Å²) in [5.74, 6) is -1.26. The number of amidine groups is 1. The molecule has 0 saturated heterocycles. The molecule has 2 heterocycles. The average molecular weight is 416 g/mol. The van der Waals surface area contributed by atoms with E-state index in [0.29, 0.717) is 36.1 Å². The third-order valence-corrected chi connectivity index (χ3v) is 5.97. The number of hydrogen-bond acceptors (Lipinski definition) is 5. The zero-order valence-electron chi connectivity index (χ0n) is 18.9. The highest BCUT2D eigenvalue weighted by atomic mass is 16.4. The number of amides is 2. The molecule has 2 aliphatic heterocycles. The molecule has 1 aliphatic carbocycles. The zero-order chi connectivity index (χ0) is 22.4. The van der Waals surface area contributed by atoms with E-state index in [0.717, 1.165) is 18.7 Å². The Kier molecular flexibility index (Phi) is 5.69. The number of carbonyl (C=O) groups is 3. The standard InChI is InChI=1S/C23H33N3O4/c1-22(2,3)17(20(29)30)14-11-24-21(23(4,5)6)25(12-14)13-26-18(27)15-9-7-8-10-16(15)19(26)28/h11,17H,7-10,12-13H2,1-6H3,(H,29,30). The van der Waals surface area contributed by atoms with Crippen molar-refractivity contribution in [3.8, 4) is 0 Å². The van der Waals surface area contributed by atoms with Crippen LogP contribution >= 0.6 is 0 Å². The third kappa shape index (κ3) is 4.07. The van der Waals surface area contributed by atoms with Crippen molar-refractivity contribution in [2.45, 2.75) is 67.2 Å². The van der Waals surface area contributed by atoms with Gasteiger partial charge in [-0.05, 0) is 36.7 Å². The molecule has 0 bridgehead atoms. The van der Waals surface area contributed by atoms with E-state index in [9.17, 15) is 19.5 Å². The maximum absolute atomic E-state index is 12.9. The largest absolute Gasteiger partial charge is 0.481 e. The number of nitrogens with zero attached hydrogens (tertiary/aromatic N) is 3. The quantitative estimate of drug-likeness (QED) is 0.709. The van der Waals surface area contributed by atoms with E-state index in [1.54, 1.807) is 6.20 Å². The molecule has 7 nitrogen and oxygen atoms in total. The maximum Gasteiger partial charge on any atom is 0.311 e. The van der Waals surface area contributed by atoms with Crippen molar-refractivity contribution in [3.05, 3.63) is 22.9 Å². The number of hydrogen-bond donors (Lipinski definition) is 1. The van der Waals surface area contributed by atoms with Crippen LogP contribution in [0.1, 0.15) is 67.2 Å². The Morgan fingerprint density at radius 2 is 1.60 bits per heavy atom. The van der Waals surface area contributed by atoms with E-state index in [1.165, 1.54) is 4.90 Å². The van der Waals surface area contributed by atoms with Crippen molar-refractivity contribution >= 4 is 23.6 Å². The summed E-state index contributed by atoms with van der Waals surface area (Å²) in [5, 5.41) is 9.85. The van der Waals surface area contributed by atoms with Gasteiger partial charge >= 0.3 is 5.97 Å². The lowest BCUT2D eigenvalue weighted by Gasteiger charge is -2.40. The Balaban J connectivity index is 1.91. The van der Waals surface area contributed by atoms with Crippen LogP contribution in [0.15, 0.2) is 27.9 Å². The number of rotatable bonds is 4. The Bertz CT molecular complexity index is 840. The molecule has 1 unspecified atom stereocenters. The van der Waals surface area contributed by atoms with E-state index in [4.69, 9.17) is 0 Å². The Morgan fingerprint density at radius 1 is 1.07 bits per heavy atom. The van der Waals surface area contributed by atoms with Crippen molar-refractivity contribution < 1.29 is 19.5 Å². The Morgan fingerprint density at radius 3 is 2.03 bits per heavy atom. The molecule has 0 aromatic carbocycles. The van der Waals surface area contributed by atoms with Gasteiger partial charge in [-0.25, -0.2) is 4.99 Å². The summed E-state index contributed by atoms with van der Waals surface area (Å²) in [4.78, 5) is 45.7. The second-order valence-electron chi connectivity index (χ2n) is 10.6. The number of carbonyl (C=O) groups excluding carboxylic acids is 2. The molecule has 1 N–H and O–H groups in total. The molecule has 3 aliphatic rings. The van der Waals surface area contributed by atoms with Gasteiger partial charge in [0, 0.05) is 29.3 Å². The van der Waals surface area contributed by atoms with Crippen molar-refractivity contribution in [3.63, 3.8) is 0 Å². The van der Waals surface area contributed by atoms with Crippen LogP contribution < -0.4 is 0 Å². The highest BCUT2D eigenvalue weighted by Gasteiger charge is 2.42. The monoisotopic (exact) mass is 415 g/mol. The fourth-order valence-corrected chi connectivity index (χ4v) is 4.69. The number of aliphatic carboxylic acids is 1. The summed E-state index contributed by atoms with van der Waals surface area (Å²) in [6, 6.07) is 0. The zero-order valence-corrected chi connectivity index (χ0v) is 18.9. The first-order valence-electron chi connectivity index (χ1n) is 10.7. The highest BCUT2D eigenvalue weighted by molar-refractivity contribution is 6.19. The van der Waals surface area contributed by atoms with Crippen LogP contribution in [0.2, 0.25) is 0 Å². The SMILES string of the molecule is CC(C)(C)C1=NC=C(C(C(=O)O)C(C)(C)C)CN1CN1C(=O)C2=C(CCCC2)C1=O. The van der Waals surface area contributed by atoms with Crippen LogP contribution in [0.25, 0.3) is 0 Å². The lowest BCUT2D eigenvalue weighted by atomic mass is 9.75. The van der Waals surface area contributed by atoms with Gasteiger partial charge in [-0.1, -0.05) is 41.5 Å². The number of imide groups is 1. The molecule has 2 amide bonds. The van der Waals surface area contributed by atoms with Gasteiger partial charge in [-0.15, -0.1) is 0 Å². The van der Waals surface area contributed by atoms with Crippen molar-refractivity contribution in [2.75, 3.05) is 13.2 Å². The molecule has 0 spiro atoms. The number of carboxylic acids is 1. The highest BCUT2D eigenvalue weighted by Crippen LogP contribution is 2.37. The Hall–Kier alpha value is -2.44. The molecule has 0 fully saturated rings. The van der Waals surface area contributed by atoms with E-state index >= 15 is 0 Å². The molecular formula is C23H33N3O4. The smallest absolute Gasteiger partial charge is 0.311 e. The normalized spacial score (nSPS) is 21.5. The maximum atomic E-state index is 12.9. The summed E-state index contributed by atoms with van der Waals surface area (Å²) in [6.07, 6.45) is 4.85. The van der Waals surface area contributed by atoms with Crippen LogP contribution in [0.4, 0.5) is 0 Å². The van der Waals surface area contributed by atoms with Crippen LogP contribution in [-0.4, -0.2) is 51.7 Å². The molecule has 30 heavy (non-hydrogen) atoms. The van der Waals surface area contributed by atoms with E-state index in [2.05, 4.69) is 4.99 Å². The van der Waals surface area contributed by atoms with Gasteiger partial charge in [-0.3, -0.25) is 19.3 Å².